The molecule has 1 amide bonds. The Morgan fingerprint density at radius 2 is 1.85 bits per heavy atom. The number of halogens is 1. The third-order valence-corrected chi connectivity index (χ3v) is 4.66. The zero-order chi connectivity index (χ0) is 18.1. The van der Waals surface area contributed by atoms with Gasteiger partial charge in [-0.1, -0.05) is 36.4 Å². The van der Waals surface area contributed by atoms with Crippen molar-refractivity contribution in [1.82, 2.24) is 0 Å². The number of methoxy groups -OCH3 is 1. The average molecular weight is 347 g/mol. The third-order valence-electron chi connectivity index (χ3n) is 4.66. The van der Waals surface area contributed by atoms with E-state index in [9.17, 15) is 9.18 Å². The lowest BCUT2D eigenvalue weighted by Gasteiger charge is -2.09. The number of rotatable bonds is 4. The van der Waals surface area contributed by atoms with Gasteiger partial charge < -0.3 is 10.1 Å². The molecule has 0 saturated carbocycles. The number of carbonyl (C=O) groups is 1. The molecule has 3 aromatic rings. The van der Waals surface area contributed by atoms with E-state index in [1.54, 1.807) is 6.07 Å². The summed E-state index contributed by atoms with van der Waals surface area (Å²) in [6.07, 6.45) is 0.983. The van der Waals surface area contributed by atoms with Crippen molar-refractivity contribution in [3.8, 4) is 16.9 Å². The van der Waals surface area contributed by atoms with Crippen LogP contribution in [-0.4, -0.2) is 13.0 Å². The van der Waals surface area contributed by atoms with Crippen LogP contribution in [0.2, 0.25) is 0 Å². The molecule has 0 heterocycles. The summed E-state index contributed by atoms with van der Waals surface area (Å²) in [7, 11) is 1.41. The van der Waals surface area contributed by atoms with Gasteiger partial charge in [0.1, 0.15) is 0 Å². The SMILES string of the molecule is COc1ccc(CC(=O)Nc2ccc3c(c2)Cc2ccccc2-3)cc1F. The topological polar surface area (TPSA) is 38.3 Å². The van der Waals surface area contributed by atoms with Gasteiger partial charge in [-0.2, -0.15) is 0 Å². The highest BCUT2D eigenvalue weighted by molar-refractivity contribution is 5.93. The number of hydrogen-bond acceptors (Lipinski definition) is 2. The van der Waals surface area contributed by atoms with Gasteiger partial charge in [0, 0.05) is 5.69 Å². The van der Waals surface area contributed by atoms with Crippen molar-refractivity contribution in [3.05, 3.63) is 83.2 Å². The van der Waals surface area contributed by atoms with Crippen LogP contribution in [0.15, 0.2) is 60.7 Å². The number of fused-ring (bicyclic) bond motifs is 3. The first kappa shape index (κ1) is 16.3. The average Bonchev–Trinajstić information content (AvgIpc) is 2.99. The minimum absolute atomic E-state index is 0.109. The maximum absolute atomic E-state index is 13.8. The van der Waals surface area contributed by atoms with E-state index in [1.807, 2.05) is 30.3 Å². The monoisotopic (exact) mass is 347 g/mol. The molecular formula is C22H18FNO2. The number of hydrogen-bond donors (Lipinski definition) is 1. The molecule has 3 nitrogen and oxygen atoms in total. The van der Waals surface area contributed by atoms with Crippen molar-refractivity contribution in [3.63, 3.8) is 0 Å². The molecule has 0 spiro atoms. The fraction of sp³-hybridized carbons (Fsp3) is 0.136. The van der Waals surface area contributed by atoms with Gasteiger partial charge in [0.05, 0.1) is 13.5 Å². The number of benzene rings is 3. The van der Waals surface area contributed by atoms with Crippen LogP contribution in [-0.2, 0) is 17.6 Å². The largest absolute Gasteiger partial charge is 0.494 e. The summed E-state index contributed by atoms with van der Waals surface area (Å²) in [4.78, 5) is 12.3. The van der Waals surface area contributed by atoms with Crippen LogP contribution < -0.4 is 10.1 Å². The van der Waals surface area contributed by atoms with Crippen molar-refractivity contribution < 1.29 is 13.9 Å². The molecule has 1 aliphatic rings. The summed E-state index contributed by atoms with van der Waals surface area (Å²) in [5.41, 5.74) is 6.36. The van der Waals surface area contributed by atoms with Crippen LogP contribution >= 0.6 is 0 Å². The van der Waals surface area contributed by atoms with Gasteiger partial charge in [0.2, 0.25) is 5.91 Å². The molecule has 0 fully saturated rings. The molecule has 0 saturated heterocycles. The van der Waals surface area contributed by atoms with Gasteiger partial charge in [-0.15, -0.1) is 0 Å². The Hall–Kier alpha value is -3.14. The van der Waals surface area contributed by atoms with Gasteiger partial charge >= 0.3 is 0 Å². The Bertz CT molecular complexity index is 997. The number of carbonyl (C=O) groups excluding carboxylic acids is 1. The first-order valence-corrected chi connectivity index (χ1v) is 8.47. The first-order valence-electron chi connectivity index (χ1n) is 8.47. The predicted octanol–water partition coefficient (Wildman–Crippen LogP) is 4.59. The lowest BCUT2D eigenvalue weighted by Crippen LogP contribution is -2.14. The van der Waals surface area contributed by atoms with Crippen molar-refractivity contribution in [2.45, 2.75) is 12.8 Å². The highest BCUT2D eigenvalue weighted by Gasteiger charge is 2.18. The van der Waals surface area contributed by atoms with E-state index in [4.69, 9.17) is 4.74 Å². The molecule has 0 unspecified atom stereocenters. The van der Waals surface area contributed by atoms with Crippen LogP contribution in [0.1, 0.15) is 16.7 Å². The van der Waals surface area contributed by atoms with E-state index in [1.165, 1.54) is 41.5 Å². The number of amides is 1. The summed E-state index contributed by atoms with van der Waals surface area (Å²) in [6, 6.07) is 18.9. The molecule has 1 N–H and O–H groups in total. The molecule has 0 bridgehead atoms. The highest BCUT2D eigenvalue weighted by atomic mass is 19.1. The first-order chi connectivity index (χ1) is 12.6. The van der Waals surface area contributed by atoms with Crippen molar-refractivity contribution in [1.29, 1.82) is 0 Å². The normalized spacial score (nSPS) is 11.6. The van der Waals surface area contributed by atoms with Crippen LogP contribution in [0.3, 0.4) is 0 Å². The van der Waals surface area contributed by atoms with Crippen molar-refractivity contribution in [2.24, 2.45) is 0 Å². The molecule has 4 rings (SSSR count). The van der Waals surface area contributed by atoms with Crippen LogP contribution in [0.4, 0.5) is 10.1 Å². The molecule has 0 aliphatic heterocycles. The van der Waals surface area contributed by atoms with Crippen molar-refractivity contribution >= 4 is 11.6 Å². The van der Waals surface area contributed by atoms with Crippen molar-refractivity contribution in [2.75, 3.05) is 12.4 Å². The molecule has 4 heteroatoms. The maximum atomic E-state index is 13.8. The number of nitrogens with one attached hydrogen (secondary N) is 1. The van der Waals surface area contributed by atoms with Gasteiger partial charge in [-0.3, -0.25) is 4.79 Å². The highest BCUT2D eigenvalue weighted by Crippen LogP contribution is 2.37. The van der Waals surface area contributed by atoms with Crippen LogP contribution in [0.5, 0.6) is 5.75 Å². The van der Waals surface area contributed by atoms with E-state index in [2.05, 4.69) is 17.4 Å². The van der Waals surface area contributed by atoms with Gasteiger partial charge in [0.25, 0.3) is 0 Å². The second-order valence-electron chi connectivity index (χ2n) is 6.40. The van der Waals surface area contributed by atoms with Crippen LogP contribution in [0, 0.1) is 5.82 Å². The van der Waals surface area contributed by atoms with Crippen LogP contribution in [0.25, 0.3) is 11.1 Å². The molecule has 130 valence electrons. The summed E-state index contributed by atoms with van der Waals surface area (Å²) < 4.78 is 18.6. The summed E-state index contributed by atoms with van der Waals surface area (Å²) >= 11 is 0. The van der Waals surface area contributed by atoms with Gasteiger partial charge in [-0.05, 0) is 58.5 Å². The van der Waals surface area contributed by atoms with E-state index in [0.717, 1.165) is 12.1 Å². The fourth-order valence-electron chi connectivity index (χ4n) is 3.43. The minimum Gasteiger partial charge on any atom is -0.494 e. The van der Waals surface area contributed by atoms with E-state index in [0.29, 0.717) is 5.56 Å². The Morgan fingerprint density at radius 1 is 1.04 bits per heavy atom. The molecule has 3 aromatic carbocycles. The summed E-state index contributed by atoms with van der Waals surface area (Å²) in [6.45, 7) is 0. The Labute approximate surface area is 151 Å². The number of anilines is 1. The molecule has 26 heavy (non-hydrogen) atoms. The predicted molar refractivity (Wildman–Crippen MR) is 100.0 cm³/mol. The lowest BCUT2D eigenvalue weighted by molar-refractivity contribution is -0.115. The standard InChI is InChI=1S/C22H18FNO2/c1-26-21-9-6-14(10-20(21)23)11-22(25)24-17-7-8-19-16(13-17)12-15-4-2-3-5-18(15)19/h2-10,13H,11-12H2,1H3,(H,24,25). The van der Waals surface area contributed by atoms with E-state index < -0.39 is 5.82 Å². The molecule has 0 radical (unpaired) electrons. The van der Waals surface area contributed by atoms with Gasteiger partial charge in [0.15, 0.2) is 11.6 Å². The Balaban J connectivity index is 1.47. The van der Waals surface area contributed by atoms with Gasteiger partial charge in [-0.25, -0.2) is 4.39 Å². The second-order valence-corrected chi connectivity index (χ2v) is 6.40. The Kier molecular flexibility index (Phi) is 4.17. The molecule has 0 aromatic heterocycles. The second kappa shape index (κ2) is 6.64. The summed E-state index contributed by atoms with van der Waals surface area (Å²) in [5, 5.41) is 2.90. The molecular weight excluding hydrogens is 329 g/mol. The quantitative estimate of drug-likeness (QED) is 0.586. The third kappa shape index (κ3) is 3.06. The van der Waals surface area contributed by atoms with E-state index >= 15 is 0 Å². The smallest absolute Gasteiger partial charge is 0.228 e. The zero-order valence-electron chi connectivity index (χ0n) is 14.4. The molecule has 1 aliphatic carbocycles. The zero-order valence-corrected chi connectivity index (χ0v) is 14.4. The van der Waals surface area contributed by atoms with E-state index in [-0.39, 0.29) is 18.1 Å². The maximum Gasteiger partial charge on any atom is 0.228 e. The molecule has 0 atom stereocenters. The number of ether oxygens (including phenoxy) is 1. The minimum atomic E-state index is -0.465. The summed E-state index contributed by atoms with van der Waals surface area (Å²) in [5.74, 6) is -0.467. The fourth-order valence-corrected chi connectivity index (χ4v) is 3.43. The Morgan fingerprint density at radius 3 is 2.65 bits per heavy atom. The lowest BCUT2D eigenvalue weighted by atomic mass is 10.1.